The van der Waals surface area contributed by atoms with Crippen LogP contribution in [0.5, 0.6) is 11.5 Å². The second kappa shape index (κ2) is 6.98. The Hall–Kier alpha value is -1.46. The van der Waals surface area contributed by atoms with Crippen LogP contribution in [-0.2, 0) is 0 Å². The van der Waals surface area contributed by atoms with E-state index in [1.54, 1.807) is 32.4 Å². The van der Waals surface area contributed by atoms with E-state index in [9.17, 15) is 0 Å². The molecule has 0 saturated heterocycles. The molecule has 0 radical (unpaired) electrons. The van der Waals surface area contributed by atoms with Gasteiger partial charge in [0.25, 0.3) is 0 Å². The summed E-state index contributed by atoms with van der Waals surface area (Å²) in [7, 11) is 3.16. The fourth-order valence-electron chi connectivity index (χ4n) is 1.51. The van der Waals surface area contributed by atoms with Gasteiger partial charge < -0.3 is 25.0 Å². The van der Waals surface area contributed by atoms with E-state index < -0.39 is 0 Å². The van der Waals surface area contributed by atoms with Crippen LogP contribution in [0, 0.1) is 0 Å². The lowest BCUT2D eigenvalue weighted by Crippen LogP contribution is -2.25. The van der Waals surface area contributed by atoms with Crippen molar-refractivity contribution in [2.45, 2.75) is 12.5 Å². The van der Waals surface area contributed by atoms with Gasteiger partial charge in [-0.1, -0.05) is 0 Å². The lowest BCUT2D eigenvalue weighted by Gasteiger charge is -2.19. The largest absolute Gasteiger partial charge is 0.497 e. The first kappa shape index (κ1) is 13.6. The van der Waals surface area contributed by atoms with Crippen LogP contribution in [0.2, 0.25) is 0 Å². The molecule has 1 atom stereocenters. The molecule has 1 rings (SSSR count). The molecule has 0 aliphatic rings. The summed E-state index contributed by atoms with van der Waals surface area (Å²) in [5.74, 6) is 1.37. The van der Waals surface area contributed by atoms with Gasteiger partial charge in [-0.25, -0.2) is 0 Å². The molecule has 3 N–H and O–H groups in total. The summed E-state index contributed by atoms with van der Waals surface area (Å²) >= 11 is 0. The smallest absolute Gasteiger partial charge is 0.142 e. The first-order chi connectivity index (χ1) is 8.24. The minimum Gasteiger partial charge on any atom is -0.497 e. The van der Waals surface area contributed by atoms with E-state index >= 15 is 0 Å². The van der Waals surface area contributed by atoms with Crippen LogP contribution in [0.25, 0.3) is 0 Å². The van der Waals surface area contributed by atoms with Crippen molar-refractivity contribution in [3.05, 3.63) is 18.2 Å². The molecule has 0 aromatic heterocycles. The Morgan fingerprint density at radius 1 is 1.24 bits per heavy atom. The predicted molar refractivity (Wildman–Crippen MR) is 65.7 cm³/mol. The maximum absolute atomic E-state index is 9.16. The zero-order chi connectivity index (χ0) is 12.7. The Kier molecular flexibility index (Phi) is 5.59. The zero-order valence-electron chi connectivity index (χ0n) is 10.1. The SMILES string of the molecule is COc1ccc(OC)c(NC(CO)CCO)c1. The number of methoxy groups -OCH3 is 2. The van der Waals surface area contributed by atoms with Gasteiger partial charge in [-0.2, -0.15) is 0 Å². The molecule has 17 heavy (non-hydrogen) atoms. The Labute approximate surface area is 101 Å². The average Bonchev–Trinajstić information content (AvgIpc) is 2.38. The highest BCUT2D eigenvalue weighted by Crippen LogP contribution is 2.29. The van der Waals surface area contributed by atoms with Crippen LogP contribution < -0.4 is 14.8 Å². The summed E-state index contributed by atoms with van der Waals surface area (Å²) in [6.45, 7) is -0.0363. The molecule has 0 aliphatic carbocycles. The molecular weight excluding hydrogens is 222 g/mol. The van der Waals surface area contributed by atoms with Crippen LogP contribution in [0.1, 0.15) is 6.42 Å². The molecule has 5 nitrogen and oxygen atoms in total. The molecule has 0 heterocycles. The van der Waals surface area contributed by atoms with E-state index in [1.807, 2.05) is 0 Å². The van der Waals surface area contributed by atoms with Crippen molar-refractivity contribution in [2.75, 3.05) is 32.8 Å². The minimum absolute atomic E-state index is 0.0184. The van der Waals surface area contributed by atoms with Gasteiger partial charge in [0.05, 0.1) is 32.6 Å². The van der Waals surface area contributed by atoms with Gasteiger partial charge in [0.1, 0.15) is 11.5 Å². The molecule has 0 aliphatic heterocycles. The fraction of sp³-hybridized carbons (Fsp3) is 0.500. The Balaban J connectivity index is 2.85. The molecule has 96 valence electrons. The van der Waals surface area contributed by atoms with Crippen LogP contribution in [0.3, 0.4) is 0 Å². The predicted octanol–water partition coefficient (Wildman–Crippen LogP) is 0.859. The molecule has 0 amide bonds. The normalized spacial score (nSPS) is 12.0. The summed E-state index contributed by atoms with van der Waals surface area (Å²) in [6.07, 6.45) is 0.469. The van der Waals surface area contributed by atoms with Gasteiger partial charge in [-0.05, 0) is 18.6 Å². The maximum Gasteiger partial charge on any atom is 0.142 e. The molecule has 0 bridgehead atoms. The highest BCUT2D eigenvalue weighted by Gasteiger charge is 2.11. The monoisotopic (exact) mass is 241 g/mol. The number of aliphatic hydroxyl groups excluding tert-OH is 2. The number of hydrogen-bond donors (Lipinski definition) is 3. The summed E-state index contributed by atoms with van der Waals surface area (Å²) in [6, 6.07) is 5.17. The zero-order valence-corrected chi connectivity index (χ0v) is 10.1. The molecule has 1 unspecified atom stereocenters. The van der Waals surface area contributed by atoms with Gasteiger partial charge in [-0.3, -0.25) is 0 Å². The molecular formula is C12H19NO4. The van der Waals surface area contributed by atoms with E-state index in [2.05, 4.69) is 5.32 Å². The maximum atomic E-state index is 9.16. The number of aliphatic hydroxyl groups is 2. The lowest BCUT2D eigenvalue weighted by molar-refractivity contribution is 0.228. The quantitative estimate of drug-likeness (QED) is 0.660. The molecule has 0 saturated carbocycles. The summed E-state index contributed by atoms with van der Waals surface area (Å²) < 4.78 is 10.3. The number of benzene rings is 1. The van der Waals surface area contributed by atoms with Crippen LogP contribution in [-0.4, -0.2) is 43.7 Å². The molecule has 5 heteroatoms. The van der Waals surface area contributed by atoms with E-state index in [4.69, 9.17) is 19.7 Å². The van der Waals surface area contributed by atoms with Crippen molar-refractivity contribution >= 4 is 5.69 Å². The van der Waals surface area contributed by atoms with Crippen molar-refractivity contribution in [1.29, 1.82) is 0 Å². The van der Waals surface area contributed by atoms with Crippen molar-refractivity contribution in [3.63, 3.8) is 0 Å². The Morgan fingerprint density at radius 3 is 2.53 bits per heavy atom. The summed E-state index contributed by atoms with van der Waals surface area (Å²) in [4.78, 5) is 0. The van der Waals surface area contributed by atoms with E-state index in [0.717, 1.165) is 5.69 Å². The molecule has 1 aromatic rings. The van der Waals surface area contributed by atoms with Crippen LogP contribution in [0.4, 0.5) is 5.69 Å². The van der Waals surface area contributed by atoms with Crippen molar-refractivity contribution < 1.29 is 19.7 Å². The molecule has 1 aromatic carbocycles. The van der Waals surface area contributed by atoms with Crippen molar-refractivity contribution in [3.8, 4) is 11.5 Å². The molecule has 0 fully saturated rings. The average molecular weight is 241 g/mol. The first-order valence-electron chi connectivity index (χ1n) is 5.45. The van der Waals surface area contributed by atoms with E-state index in [-0.39, 0.29) is 19.3 Å². The number of nitrogens with one attached hydrogen (secondary N) is 1. The number of hydrogen-bond acceptors (Lipinski definition) is 5. The third-order valence-electron chi connectivity index (χ3n) is 2.46. The number of rotatable bonds is 7. The van der Waals surface area contributed by atoms with Gasteiger partial charge in [-0.15, -0.1) is 0 Å². The first-order valence-corrected chi connectivity index (χ1v) is 5.45. The lowest BCUT2D eigenvalue weighted by atomic mass is 10.2. The molecule has 0 spiro atoms. The van der Waals surface area contributed by atoms with E-state index in [1.165, 1.54) is 0 Å². The topological polar surface area (TPSA) is 71.0 Å². The van der Waals surface area contributed by atoms with Crippen molar-refractivity contribution in [1.82, 2.24) is 0 Å². The Morgan fingerprint density at radius 2 is 2.00 bits per heavy atom. The summed E-state index contributed by atoms with van der Waals surface area (Å²) in [5.41, 5.74) is 0.736. The third kappa shape index (κ3) is 3.80. The van der Waals surface area contributed by atoms with Gasteiger partial charge in [0.15, 0.2) is 0 Å². The minimum atomic E-state index is -0.207. The van der Waals surface area contributed by atoms with Gasteiger partial charge in [0.2, 0.25) is 0 Å². The van der Waals surface area contributed by atoms with Crippen molar-refractivity contribution in [2.24, 2.45) is 0 Å². The standard InChI is InChI=1S/C12H19NO4/c1-16-10-3-4-12(17-2)11(7-10)13-9(8-15)5-6-14/h3-4,7,9,13-15H,5-6,8H2,1-2H3. The number of ether oxygens (including phenoxy) is 2. The number of anilines is 1. The Bertz CT molecular complexity index is 343. The second-order valence-corrected chi connectivity index (χ2v) is 3.60. The van der Waals surface area contributed by atoms with E-state index in [0.29, 0.717) is 17.9 Å². The highest BCUT2D eigenvalue weighted by molar-refractivity contribution is 5.60. The van der Waals surface area contributed by atoms with Gasteiger partial charge in [0, 0.05) is 12.7 Å². The van der Waals surface area contributed by atoms with Gasteiger partial charge >= 0.3 is 0 Å². The third-order valence-corrected chi connectivity index (χ3v) is 2.46. The second-order valence-electron chi connectivity index (χ2n) is 3.60. The van der Waals surface area contributed by atoms with Crippen LogP contribution in [0.15, 0.2) is 18.2 Å². The fourth-order valence-corrected chi connectivity index (χ4v) is 1.51. The van der Waals surface area contributed by atoms with Crippen LogP contribution >= 0.6 is 0 Å². The highest BCUT2D eigenvalue weighted by atomic mass is 16.5. The summed E-state index contributed by atoms with van der Waals surface area (Å²) in [5, 5.41) is 21.1.